The SMILES string of the molecule is O=C1NC(=Nc2cc(-c3ccccn3)ccc2Cl)S/C1=C\c1ccc2ncccc2c1. The summed E-state index contributed by atoms with van der Waals surface area (Å²) >= 11 is 7.63. The van der Waals surface area contributed by atoms with Crippen molar-refractivity contribution in [2.75, 3.05) is 0 Å². The van der Waals surface area contributed by atoms with Crippen molar-refractivity contribution in [3.63, 3.8) is 0 Å². The van der Waals surface area contributed by atoms with Crippen LogP contribution in [-0.4, -0.2) is 21.0 Å². The van der Waals surface area contributed by atoms with Crippen LogP contribution in [0.2, 0.25) is 5.02 Å². The Morgan fingerprint density at radius 2 is 1.87 bits per heavy atom. The van der Waals surface area contributed by atoms with E-state index in [1.54, 1.807) is 18.5 Å². The molecule has 2 aromatic heterocycles. The molecule has 0 spiro atoms. The molecule has 0 unspecified atom stereocenters. The normalized spacial score (nSPS) is 16.2. The Morgan fingerprint density at radius 3 is 2.74 bits per heavy atom. The Hall–Kier alpha value is -3.48. The maximum absolute atomic E-state index is 12.5. The highest BCUT2D eigenvalue weighted by atomic mass is 35.5. The molecule has 1 amide bonds. The quantitative estimate of drug-likeness (QED) is 0.404. The highest BCUT2D eigenvalue weighted by Crippen LogP contribution is 2.33. The summed E-state index contributed by atoms with van der Waals surface area (Å²) in [6.07, 6.45) is 5.35. The fourth-order valence-corrected chi connectivity index (χ4v) is 4.21. The van der Waals surface area contributed by atoms with E-state index in [9.17, 15) is 4.79 Å². The van der Waals surface area contributed by atoms with E-state index in [1.807, 2.05) is 66.7 Å². The van der Waals surface area contributed by atoms with Gasteiger partial charge in [0.05, 0.1) is 26.8 Å². The molecule has 7 heteroatoms. The first-order valence-electron chi connectivity index (χ1n) is 9.51. The number of hydrogen-bond acceptors (Lipinski definition) is 5. The topological polar surface area (TPSA) is 67.2 Å². The van der Waals surface area contributed by atoms with E-state index in [0.717, 1.165) is 27.7 Å². The van der Waals surface area contributed by atoms with E-state index < -0.39 is 0 Å². The van der Waals surface area contributed by atoms with Crippen LogP contribution >= 0.6 is 23.4 Å². The van der Waals surface area contributed by atoms with Crippen LogP contribution in [0.25, 0.3) is 28.2 Å². The van der Waals surface area contributed by atoms with Gasteiger partial charge in [-0.1, -0.05) is 35.9 Å². The number of benzene rings is 2. The lowest BCUT2D eigenvalue weighted by atomic mass is 10.1. The Labute approximate surface area is 187 Å². The number of amides is 1. The van der Waals surface area contributed by atoms with E-state index in [2.05, 4.69) is 20.3 Å². The zero-order chi connectivity index (χ0) is 21.2. The number of carbonyl (C=O) groups is 1. The second-order valence-corrected chi connectivity index (χ2v) is 8.26. The molecule has 0 saturated carbocycles. The molecule has 150 valence electrons. The minimum absolute atomic E-state index is 0.188. The van der Waals surface area contributed by atoms with Gasteiger partial charge >= 0.3 is 0 Å². The summed E-state index contributed by atoms with van der Waals surface area (Å²) in [5, 5.41) is 4.82. The van der Waals surface area contributed by atoms with Crippen LogP contribution in [0.3, 0.4) is 0 Å². The third-order valence-electron chi connectivity index (χ3n) is 4.70. The third kappa shape index (κ3) is 4.21. The summed E-state index contributed by atoms with van der Waals surface area (Å²) in [6, 6.07) is 21.0. The Kier molecular flexibility index (Phi) is 5.24. The summed E-state index contributed by atoms with van der Waals surface area (Å²) < 4.78 is 0. The summed E-state index contributed by atoms with van der Waals surface area (Å²) in [7, 11) is 0. The smallest absolute Gasteiger partial charge is 0.264 e. The maximum atomic E-state index is 12.5. The third-order valence-corrected chi connectivity index (χ3v) is 5.93. The van der Waals surface area contributed by atoms with Gasteiger partial charge in [-0.2, -0.15) is 0 Å². The van der Waals surface area contributed by atoms with Crippen LogP contribution in [0, 0.1) is 0 Å². The lowest BCUT2D eigenvalue weighted by Gasteiger charge is -2.04. The van der Waals surface area contributed by atoms with Crippen molar-refractivity contribution in [3.8, 4) is 11.3 Å². The number of aromatic nitrogens is 2. The zero-order valence-electron chi connectivity index (χ0n) is 16.1. The number of thioether (sulfide) groups is 1. The second kappa shape index (κ2) is 8.34. The second-order valence-electron chi connectivity index (χ2n) is 6.82. The predicted octanol–water partition coefficient (Wildman–Crippen LogP) is 5.84. The largest absolute Gasteiger partial charge is 0.300 e. The number of fused-ring (bicyclic) bond motifs is 1. The summed E-state index contributed by atoms with van der Waals surface area (Å²) in [4.78, 5) is 26.3. The number of rotatable bonds is 3. The van der Waals surface area contributed by atoms with E-state index in [0.29, 0.717) is 20.8 Å². The van der Waals surface area contributed by atoms with E-state index in [4.69, 9.17) is 11.6 Å². The molecule has 3 heterocycles. The van der Waals surface area contributed by atoms with Crippen LogP contribution in [0.1, 0.15) is 5.56 Å². The molecular weight excluding hydrogens is 428 g/mol. The van der Waals surface area contributed by atoms with Gasteiger partial charge in [0.25, 0.3) is 5.91 Å². The fourth-order valence-electron chi connectivity index (χ4n) is 3.22. The number of pyridine rings is 2. The maximum Gasteiger partial charge on any atom is 0.264 e. The summed E-state index contributed by atoms with van der Waals surface area (Å²) in [5.41, 5.74) is 4.15. The molecule has 0 bridgehead atoms. The molecule has 4 aromatic rings. The average molecular weight is 443 g/mol. The number of halogens is 1. The Morgan fingerprint density at radius 1 is 0.968 bits per heavy atom. The van der Waals surface area contributed by atoms with Gasteiger partial charge in [0, 0.05) is 23.3 Å². The summed E-state index contributed by atoms with van der Waals surface area (Å²) in [6.45, 7) is 0. The molecule has 1 saturated heterocycles. The van der Waals surface area contributed by atoms with Crippen LogP contribution in [0.5, 0.6) is 0 Å². The van der Waals surface area contributed by atoms with Gasteiger partial charge in [0.1, 0.15) is 0 Å². The molecule has 5 nitrogen and oxygen atoms in total. The molecule has 5 rings (SSSR count). The standard InChI is InChI=1S/C24H15ClN4OS/c25-18-8-7-17(19-5-1-2-10-26-19)14-21(18)28-24-29-23(30)22(31-24)13-15-6-9-20-16(12-15)4-3-11-27-20/h1-14H,(H,28,29,30)/b22-13-. The molecule has 1 aliphatic rings. The van der Waals surface area contributed by atoms with Crippen LogP contribution < -0.4 is 5.32 Å². The molecule has 2 aromatic carbocycles. The number of nitrogens with one attached hydrogen (secondary N) is 1. The minimum Gasteiger partial charge on any atom is -0.300 e. The van der Waals surface area contributed by atoms with Gasteiger partial charge in [0.2, 0.25) is 0 Å². The molecular formula is C24H15ClN4OS. The first kappa shape index (κ1) is 19.5. The van der Waals surface area contributed by atoms with E-state index >= 15 is 0 Å². The van der Waals surface area contributed by atoms with Gasteiger partial charge < -0.3 is 5.32 Å². The number of hydrogen-bond donors (Lipinski definition) is 1. The molecule has 0 aliphatic carbocycles. The highest BCUT2D eigenvalue weighted by molar-refractivity contribution is 8.18. The first-order valence-corrected chi connectivity index (χ1v) is 10.7. The van der Waals surface area contributed by atoms with Crippen LogP contribution in [-0.2, 0) is 4.79 Å². The van der Waals surface area contributed by atoms with Crippen molar-refractivity contribution in [2.45, 2.75) is 0 Å². The van der Waals surface area contributed by atoms with Gasteiger partial charge in [0.15, 0.2) is 5.17 Å². The predicted molar refractivity (Wildman–Crippen MR) is 127 cm³/mol. The van der Waals surface area contributed by atoms with Crippen molar-refractivity contribution in [2.24, 2.45) is 4.99 Å². The Balaban J connectivity index is 1.43. The molecule has 0 atom stereocenters. The van der Waals surface area contributed by atoms with Crippen molar-refractivity contribution in [3.05, 3.63) is 94.6 Å². The number of nitrogens with zero attached hydrogens (tertiary/aromatic N) is 3. The minimum atomic E-state index is -0.188. The number of carbonyl (C=O) groups excluding carboxylic acids is 1. The zero-order valence-corrected chi connectivity index (χ0v) is 17.7. The van der Waals surface area contributed by atoms with E-state index in [1.165, 1.54) is 11.8 Å². The first-order chi connectivity index (χ1) is 15.2. The lowest BCUT2D eigenvalue weighted by molar-refractivity contribution is -0.115. The van der Waals surface area contributed by atoms with Crippen molar-refractivity contribution < 1.29 is 4.79 Å². The number of amidine groups is 1. The van der Waals surface area contributed by atoms with Gasteiger partial charge in [-0.3, -0.25) is 14.8 Å². The van der Waals surface area contributed by atoms with E-state index in [-0.39, 0.29) is 5.91 Å². The molecule has 1 aliphatic heterocycles. The van der Waals surface area contributed by atoms with Gasteiger partial charge in [-0.05, 0) is 65.9 Å². The number of aliphatic imine (C=N–C) groups is 1. The molecule has 1 N–H and O–H groups in total. The van der Waals surface area contributed by atoms with Crippen LogP contribution in [0.15, 0.2) is 89.0 Å². The molecule has 0 radical (unpaired) electrons. The Bertz CT molecular complexity index is 1370. The summed E-state index contributed by atoms with van der Waals surface area (Å²) in [5.74, 6) is -0.188. The molecule has 1 fully saturated rings. The average Bonchev–Trinajstić information content (AvgIpc) is 3.14. The monoisotopic (exact) mass is 442 g/mol. The fraction of sp³-hybridized carbons (Fsp3) is 0. The van der Waals surface area contributed by atoms with Crippen molar-refractivity contribution in [1.82, 2.24) is 15.3 Å². The van der Waals surface area contributed by atoms with Crippen molar-refractivity contribution in [1.29, 1.82) is 0 Å². The van der Waals surface area contributed by atoms with Crippen LogP contribution in [0.4, 0.5) is 5.69 Å². The highest BCUT2D eigenvalue weighted by Gasteiger charge is 2.24. The van der Waals surface area contributed by atoms with Crippen molar-refractivity contribution >= 4 is 57.1 Å². The molecule has 31 heavy (non-hydrogen) atoms. The van der Waals surface area contributed by atoms with Gasteiger partial charge in [-0.15, -0.1) is 0 Å². The van der Waals surface area contributed by atoms with Gasteiger partial charge in [-0.25, -0.2) is 4.99 Å². The lowest BCUT2D eigenvalue weighted by Crippen LogP contribution is -2.19.